The number of aromatic nitrogens is 1. The van der Waals surface area contributed by atoms with Gasteiger partial charge in [-0.3, -0.25) is 14.4 Å². The molecule has 0 unspecified atom stereocenters. The number of carbonyl (C=O) groups is 3. The van der Waals surface area contributed by atoms with E-state index >= 15 is 0 Å². The summed E-state index contributed by atoms with van der Waals surface area (Å²) in [7, 11) is 1.54. The quantitative estimate of drug-likeness (QED) is 0.194. The Morgan fingerprint density at radius 2 is 1.68 bits per heavy atom. The van der Waals surface area contributed by atoms with E-state index in [0.717, 1.165) is 0 Å². The van der Waals surface area contributed by atoms with E-state index < -0.39 is 36.6 Å². The van der Waals surface area contributed by atoms with Gasteiger partial charge in [0.1, 0.15) is 11.6 Å². The third-order valence-corrected chi connectivity index (χ3v) is 5.79. The van der Waals surface area contributed by atoms with Crippen molar-refractivity contribution >= 4 is 52.4 Å². The molecule has 13 heteroatoms. The number of aliphatic hydroxyl groups is 2. The minimum atomic E-state index is -1.99. The first-order chi connectivity index (χ1) is 18.2. The van der Waals surface area contributed by atoms with Crippen LogP contribution in [0.25, 0.3) is 0 Å². The molecule has 1 heterocycles. The lowest BCUT2D eigenvalue weighted by Crippen LogP contribution is -2.51. The van der Waals surface area contributed by atoms with Crippen LogP contribution in [0.15, 0.2) is 60.8 Å². The smallest absolute Gasteiger partial charge is 0.254 e. The van der Waals surface area contributed by atoms with Crippen molar-refractivity contribution in [3.8, 4) is 5.75 Å². The van der Waals surface area contributed by atoms with Gasteiger partial charge in [-0.2, -0.15) is 0 Å². The van der Waals surface area contributed by atoms with Crippen LogP contribution >= 0.6 is 23.2 Å². The maximum Gasteiger partial charge on any atom is 0.254 e. The summed E-state index contributed by atoms with van der Waals surface area (Å²) in [5.74, 6) is -0.724. The molecule has 11 nitrogen and oxygen atoms in total. The number of amides is 3. The summed E-state index contributed by atoms with van der Waals surface area (Å²) < 4.78 is 5.07. The SMILES string of the molecule is COc1ccc(Nc2cccc(C(=O)NCC(=O)NC[C@H](NC(=O)c3c(Cl)cccc3Cl)C(O)O)c2)nc1. The van der Waals surface area contributed by atoms with Crippen LogP contribution in [0.4, 0.5) is 11.5 Å². The van der Waals surface area contributed by atoms with Gasteiger partial charge in [-0.15, -0.1) is 0 Å². The van der Waals surface area contributed by atoms with Crippen molar-refractivity contribution in [1.29, 1.82) is 0 Å². The predicted molar refractivity (Wildman–Crippen MR) is 142 cm³/mol. The highest BCUT2D eigenvalue weighted by atomic mass is 35.5. The number of halogens is 2. The lowest BCUT2D eigenvalue weighted by molar-refractivity contribution is -0.121. The summed E-state index contributed by atoms with van der Waals surface area (Å²) in [5, 5.41) is 29.7. The Kier molecular flexibility index (Phi) is 10.3. The van der Waals surface area contributed by atoms with Gasteiger partial charge in [-0.25, -0.2) is 4.98 Å². The monoisotopic (exact) mass is 561 g/mol. The number of carbonyl (C=O) groups excluding carboxylic acids is 3. The molecule has 0 bridgehead atoms. The second kappa shape index (κ2) is 13.6. The van der Waals surface area contributed by atoms with Crippen molar-refractivity contribution in [2.45, 2.75) is 12.3 Å². The molecule has 3 aromatic rings. The summed E-state index contributed by atoms with van der Waals surface area (Å²) in [6, 6.07) is 13.2. The number of nitrogens with zero attached hydrogens (tertiary/aromatic N) is 1. The Bertz CT molecular complexity index is 1270. The highest BCUT2D eigenvalue weighted by Gasteiger charge is 2.23. The number of aliphatic hydroxyl groups excluding tert-OH is 1. The van der Waals surface area contributed by atoms with Crippen LogP contribution in [0.2, 0.25) is 10.0 Å². The summed E-state index contributed by atoms with van der Waals surface area (Å²) in [4.78, 5) is 41.5. The van der Waals surface area contributed by atoms with E-state index in [2.05, 4.69) is 26.3 Å². The fourth-order valence-electron chi connectivity index (χ4n) is 3.20. The van der Waals surface area contributed by atoms with Crippen molar-refractivity contribution in [3.05, 3.63) is 82.0 Å². The molecule has 0 aliphatic rings. The molecule has 1 aromatic heterocycles. The number of methoxy groups -OCH3 is 1. The molecule has 0 spiro atoms. The van der Waals surface area contributed by atoms with Gasteiger partial charge in [0.25, 0.3) is 11.8 Å². The molecule has 0 radical (unpaired) electrons. The molecule has 0 aliphatic carbocycles. The second-order valence-corrected chi connectivity index (χ2v) is 8.68. The topological polar surface area (TPSA) is 162 Å². The van der Waals surface area contributed by atoms with E-state index in [4.69, 9.17) is 27.9 Å². The molecule has 6 N–H and O–H groups in total. The third-order valence-electron chi connectivity index (χ3n) is 5.16. The molecule has 0 saturated carbocycles. The first-order valence-corrected chi connectivity index (χ1v) is 12.0. The lowest BCUT2D eigenvalue weighted by Gasteiger charge is -2.21. The largest absolute Gasteiger partial charge is 0.495 e. The van der Waals surface area contributed by atoms with Crippen LogP contribution in [0.3, 0.4) is 0 Å². The number of hydrogen-bond acceptors (Lipinski definition) is 8. The predicted octanol–water partition coefficient (Wildman–Crippen LogP) is 2.10. The average Bonchev–Trinajstić information content (AvgIpc) is 2.90. The van der Waals surface area contributed by atoms with Crippen LogP contribution in [0, 0.1) is 0 Å². The van der Waals surface area contributed by atoms with E-state index in [0.29, 0.717) is 22.8 Å². The lowest BCUT2D eigenvalue weighted by atomic mass is 10.2. The van der Waals surface area contributed by atoms with Crippen LogP contribution in [-0.2, 0) is 4.79 Å². The number of pyridine rings is 1. The minimum Gasteiger partial charge on any atom is -0.495 e. The molecule has 1 atom stereocenters. The Morgan fingerprint density at radius 3 is 2.32 bits per heavy atom. The normalized spacial score (nSPS) is 11.4. The maximum atomic E-state index is 12.5. The van der Waals surface area contributed by atoms with Gasteiger partial charge in [-0.1, -0.05) is 35.3 Å². The van der Waals surface area contributed by atoms with Crippen molar-refractivity contribution in [2.24, 2.45) is 0 Å². The molecule has 0 aliphatic heterocycles. The van der Waals surface area contributed by atoms with Crippen LogP contribution in [-0.4, -0.2) is 65.4 Å². The molecular weight excluding hydrogens is 537 g/mol. The number of benzene rings is 2. The minimum absolute atomic E-state index is 0.0421. The highest BCUT2D eigenvalue weighted by molar-refractivity contribution is 6.39. The van der Waals surface area contributed by atoms with Gasteiger partial charge in [-0.05, 0) is 42.5 Å². The molecule has 0 saturated heterocycles. The fraction of sp³-hybridized carbons (Fsp3) is 0.200. The van der Waals surface area contributed by atoms with Gasteiger partial charge in [0.2, 0.25) is 5.91 Å². The number of anilines is 2. The Labute approximate surface area is 228 Å². The van der Waals surface area contributed by atoms with Gasteiger partial charge in [0.15, 0.2) is 6.29 Å². The fourth-order valence-corrected chi connectivity index (χ4v) is 3.77. The molecular formula is C25H25Cl2N5O6. The summed E-state index contributed by atoms with van der Waals surface area (Å²) in [6.45, 7) is -0.733. The van der Waals surface area contributed by atoms with Gasteiger partial charge in [0.05, 0.1) is 41.5 Å². The summed E-state index contributed by atoms with van der Waals surface area (Å²) >= 11 is 12.0. The van der Waals surface area contributed by atoms with E-state index in [1.54, 1.807) is 48.7 Å². The zero-order valence-corrected chi connectivity index (χ0v) is 21.6. The zero-order chi connectivity index (χ0) is 27.7. The Balaban J connectivity index is 1.51. The van der Waals surface area contributed by atoms with E-state index in [1.807, 2.05) is 0 Å². The van der Waals surface area contributed by atoms with Crippen molar-refractivity contribution in [1.82, 2.24) is 20.9 Å². The average molecular weight is 562 g/mol. The van der Waals surface area contributed by atoms with Crippen LogP contribution in [0.1, 0.15) is 20.7 Å². The van der Waals surface area contributed by atoms with Crippen LogP contribution < -0.4 is 26.0 Å². The van der Waals surface area contributed by atoms with Gasteiger partial charge >= 0.3 is 0 Å². The van der Waals surface area contributed by atoms with Crippen molar-refractivity contribution in [2.75, 3.05) is 25.5 Å². The van der Waals surface area contributed by atoms with Crippen LogP contribution in [0.5, 0.6) is 5.75 Å². The van der Waals surface area contributed by atoms with Crippen molar-refractivity contribution in [3.63, 3.8) is 0 Å². The standard InChI is InChI=1S/C25H25Cl2N5O6/c1-38-16-8-9-20(28-11-16)31-15-5-2-4-14(10-15)23(34)30-13-21(33)29-12-19(25(36)37)32-24(35)22-17(26)6-3-7-18(22)27/h2-11,19,25,36-37H,12-13H2,1H3,(H,28,31)(H,29,33)(H,30,34)(H,32,35)/t19-/m0/s1. The van der Waals surface area contributed by atoms with E-state index in [1.165, 1.54) is 19.2 Å². The summed E-state index contributed by atoms with van der Waals surface area (Å²) in [6.07, 6.45) is -0.444. The maximum absolute atomic E-state index is 12.5. The number of hydrogen-bond donors (Lipinski definition) is 6. The first-order valence-electron chi connectivity index (χ1n) is 11.2. The number of ether oxygens (including phenoxy) is 1. The summed E-state index contributed by atoms with van der Waals surface area (Å²) in [5.41, 5.74) is 0.859. The van der Waals surface area contributed by atoms with Gasteiger partial charge < -0.3 is 36.2 Å². The molecule has 2 aromatic carbocycles. The number of nitrogens with one attached hydrogen (secondary N) is 4. The molecule has 3 amide bonds. The highest BCUT2D eigenvalue weighted by Crippen LogP contribution is 2.24. The first kappa shape index (κ1) is 28.7. The van der Waals surface area contributed by atoms with E-state index in [9.17, 15) is 24.6 Å². The Morgan fingerprint density at radius 1 is 0.974 bits per heavy atom. The Hall–Kier alpha value is -3.90. The molecule has 200 valence electrons. The molecule has 38 heavy (non-hydrogen) atoms. The zero-order valence-electron chi connectivity index (χ0n) is 20.1. The second-order valence-electron chi connectivity index (χ2n) is 7.87. The number of rotatable bonds is 11. The third kappa shape index (κ3) is 8.05. The van der Waals surface area contributed by atoms with E-state index in [-0.39, 0.29) is 22.2 Å². The van der Waals surface area contributed by atoms with Crippen molar-refractivity contribution < 1.29 is 29.3 Å². The molecule has 0 fully saturated rings. The van der Waals surface area contributed by atoms with Gasteiger partial charge in [0, 0.05) is 17.8 Å². The molecule has 3 rings (SSSR count).